The third kappa shape index (κ3) is 5.18. The van der Waals surface area contributed by atoms with Crippen molar-refractivity contribution in [2.75, 3.05) is 24.9 Å². The van der Waals surface area contributed by atoms with Gasteiger partial charge >= 0.3 is 11.9 Å². The van der Waals surface area contributed by atoms with Crippen molar-refractivity contribution in [2.24, 2.45) is 0 Å². The van der Waals surface area contributed by atoms with Gasteiger partial charge in [-0.2, -0.15) is 0 Å². The van der Waals surface area contributed by atoms with Crippen LogP contribution in [0.5, 0.6) is 0 Å². The number of benzene rings is 1. The van der Waals surface area contributed by atoms with Crippen molar-refractivity contribution in [3.8, 4) is 0 Å². The number of esters is 2. The Morgan fingerprint density at radius 3 is 2.24 bits per heavy atom. The molecule has 0 spiro atoms. The zero-order valence-corrected chi connectivity index (χ0v) is 12.6. The lowest BCUT2D eigenvalue weighted by Crippen LogP contribution is -2.17. The van der Waals surface area contributed by atoms with E-state index >= 15 is 0 Å². The molecule has 0 fully saturated rings. The molecule has 0 saturated carbocycles. The maximum atomic E-state index is 11.7. The van der Waals surface area contributed by atoms with E-state index in [9.17, 15) is 9.59 Å². The highest BCUT2D eigenvalue weighted by atomic mass is 16.5. The predicted octanol–water partition coefficient (Wildman–Crippen LogP) is 2.15. The maximum Gasteiger partial charge on any atom is 0.354 e. The van der Waals surface area contributed by atoms with Gasteiger partial charge in [-0.3, -0.25) is 0 Å². The van der Waals surface area contributed by atoms with Crippen LogP contribution in [-0.2, 0) is 19.1 Å². The second kappa shape index (κ2) is 7.94. The summed E-state index contributed by atoms with van der Waals surface area (Å²) in [5.74, 6) is -1.29. The van der Waals surface area contributed by atoms with Crippen molar-refractivity contribution in [3.63, 3.8) is 0 Å². The van der Waals surface area contributed by atoms with Crippen LogP contribution in [0, 0.1) is 0 Å². The lowest BCUT2D eigenvalue weighted by atomic mass is 10.2. The third-order valence-electron chi connectivity index (χ3n) is 2.51. The summed E-state index contributed by atoms with van der Waals surface area (Å²) < 4.78 is 9.18. The topological polar surface area (TPSA) is 76.7 Å². The molecule has 21 heavy (non-hydrogen) atoms. The van der Waals surface area contributed by atoms with Gasteiger partial charge in [0.15, 0.2) is 0 Å². The van der Waals surface area contributed by atoms with Gasteiger partial charge in [0.05, 0.1) is 31.7 Å². The van der Waals surface area contributed by atoms with E-state index < -0.39 is 11.9 Å². The fraction of sp³-hybridized carbons (Fsp3) is 0.333. The van der Waals surface area contributed by atoms with E-state index in [1.165, 1.54) is 14.2 Å². The summed E-state index contributed by atoms with van der Waals surface area (Å²) >= 11 is 0. The average Bonchev–Trinajstić information content (AvgIpc) is 2.46. The Bertz CT molecular complexity index is 538. The maximum absolute atomic E-state index is 11.7. The number of nitrogens with one attached hydrogen (secondary N) is 2. The molecule has 0 aliphatic rings. The van der Waals surface area contributed by atoms with Crippen LogP contribution in [-0.4, -0.2) is 32.2 Å². The first-order chi connectivity index (χ1) is 9.97. The lowest BCUT2D eigenvalue weighted by Gasteiger charge is -2.16. The molecule has 0 radical (unpaired) electrons. The van der Waals surface area contributed by atoms with Crippen molar-refractivity contribution in [1.82, 2.24) is 0 Å². The van der Waals surface area contributed by atoms with Gasteiger partial charge in [0.25, 0.3) is 0 Å². The standard InChI is InChI=1S/C15H20N2O4/c1-10(2)16-11-7-5-6-8-12(11)17-13(15(19)21-4)9-14(18)20-3/h5-10,16-17H,1-4H3/b13-9+. The van der Waals surface area contributed by atoms with Gasteiger partial charge in [0.1, 0.15) is 5.70 Å². The monoisotopic (exact) mass is 292 g/mol. The Balaban J connectivity index is 3.06. The van der Waals surface area contributed by atoms with E-state index in [-0.39, 0.29) is 11.7 Å². The highest BCUT2D eigenvalue weighted by Crippen LogP contribution is 2.23. The van der Waals surface area contributed by atoms with E-state index in [1.807, 2.05) is 32.0 Å². The Labute approximate surface area is 124 Å². The SMILES string of the molecule is COC(=O)/C=C(/Nc1ccccc1NC(C)C)C(=O)OC. The minimum Gasteiger partial charge on any atom is -0.466 e. The molecule has 6 heteroatoms. The van der Waals surface area contributed by atoms with Crippen molar-refractivity contribution in [2.45, 2.75) is 19.9 Å². The van der Waals surface area contributed by atoms with Crippen LogP contribution in [0.15, 0.2) is 36.0 Å². The molecule has 0 unspecified atom stereocenters. The van der Waals surface area contributed by atoms with Crippen molar-refractivity contribution >= 4 is 23.3 Å². The number of para-hydroxylation sites is 2. The molecule has 0 saturated heterocycles. The fourth-order valence-corrected chi connectivity index (χ4v) is 1.61. The van der Waals surface area contributed by atoms with Gasteiger partial charge < -0.3 is 20.1 Å². The van der Waals surface area contributed by atoms with Crippen LogP contribution in [0.4, 0.5) is 11.4 Å². The lowest BCUT2D eigenvalue weighted by molar-refractivity contribution is -0.138. The minimum absolute atomic E-state index is 0.00218. The van der Waals surface area contributed by atoms with E-state index in [2.05, 4.69) is 20.1 Å². The van der Waals surface area contributed by atoms with Gasteiger partial charge in [0.2, 0.25) is 0 Å². The third-order valence-corrected chi connectivity index (χ3v) is 2.51. The Morgan fingerprint density at radius 1 is 1.10 bits per heavy atom. The van der Waals surface area contributed by atoms with Crippen LogP contribution in [0.3, 0.4) is 0 Å². The first-order valence-electron chi connectivity index (χ1n) is 6.48. The molecule has 0 heterocycles. The first kappa shape index (κ1) is 16.6. The quantitative estimate of drug-likeness (QED) is 0.618. The van der Waals surface area contributed by atoms with Crippen LogP contribution in [0.1, 0.15) is 13.8 Å². The van der Waals surface area contributed by atoms with Crippen molar-refractivity contribution in [3.05, 3.63) is 36.0 Å². The number of hydrogen-bond acceptors (Lipinski definition) is 6. The molecule has 1 aromatic rings. The predicted molar refractivity (Wildman–Crippen MR) is 80.9 cm³/mol. The summed E-state index contributed by atoms with van der Waals surface area (Å²) in [5.41, 5.74) is 1.47. The van der Waals surface area contributed by atoms with Crippen molar-refractivity contribution < 1.29 is 19.1 Å². The average molecular weight is 292 g/mol. The van der Waals surface area contributed by atoms with Crippen LogP contribution in [0.25, 0.3) is 0 Å². The molecule has 0 amide bonds. The van der Waals surface area contributed by atoms with Gasteiger partial charge in [-0.25, -0.2) is 9.59 Å². The summed E-state index contributed by atoms with van der Waals surface area (Å²) in [6, 6.07) is 7.58. The van der Waals surface area contributed by atoms with Gasteiger partial charge in [-0.15, -0.1) is 0 Å². The summed E-state index contributed by atoms with van der Waals surface area (Å²) in [5, 5.41) is 6.14. The molecule has 0 bridgehead atoms. The molecule has 1 aromatic carbocycles. The van der Waals surface area contributed by atoms with Gasteiger partial charge in [-0.05, 0) is 26.0 Å². The normalized spacial score (nSPS) is 11.0. The summed E-state index contributed by atoms with van der Waals surface area (Å²) in [6.45, 7) is 4.00. The number of ether oxygens (including phenoxy) is 2. The summed E-state index contributed by atoms with van der Waals surface area (Å²) in [7, 11) is 2.48. The minimum atomic E-state index is -0.653. The molecular formula is C15H20N2O4. The van der Waals surface area contributed by atoms with Crippen molar-refractivity contribution in [1.29, 1.82) is 0 Å². The highest BCUT2D eigenvalue weighted by Gasteiger charge is 2.14. The van der Waals surface area contributed by atoms with Crippen LogP contribution < -0.4 is 10.6 Å². The first-order valence-corrected chi connectivity index (χ1v) is 6.48. The molecule has 2 N–H and O–H groups in total. The van der Waals surface area contributed by atoms with E-state index in [0.717, 1.165) is 11.8 Å². The second-order valence-electron chi connectivity index (χ2n) is 4.54. The summed E-state index contributed by atoms with van der Waals surface area (Å²) in [6.07, 6.45) is 1.05. The number of hydrogen-bond donors (Lipinski definition) is 2. The van der Waals surface area contributed by atoms with Gasteiger partial charge in [0, 0.05) is 6.04 Å². The fourth-order valence-electron chi connectivity index (χ4n) is 1.61. The zero-order valence-electron chi connectivity index (χ0n) is 12.6. The van der Waals surface area contributed by atoms with Crippen LogP contribution >= 0.6 is 0 Å². The molecule has 1 rings (SSSR count). The van der Waals surface area contributed by atoms with Crippen LogP contribution in [0.2, 0.25) is 0 Å². The van der Waals surface area contributed by atoms with Gasteiger partial charge in [-0.1, -0.05) is 12.1 Å². The smallest absolute Gasteiger partial charge is 0.354 e. The number of methoxy groups -OCH3 is 2. The second-order valence-corrected chi connectivity index (χ2v) is 4.54. The number of carbonyl (C=O) groups is 2. The molecular weight excluding hydrogens is 272 g/mol. The molecule has 0 atom stereocenters. The van der Waals surface area contributed by atoms with E-state index in [0.29, 0.717) is 5.69 Å². The molecule has 0 aliphatic carbocycles. The molecule has 0 aromatic heterocycles. The highest BCUT2D eigenvalue weighted by molar-refractivity contribution is 5.99. The molecule has 6 nitrogen and oxygen atoms in total. The number of carbonyl (C=O) groups excluding carboxylic acids is 2. The number of rotatable bonds is 6. The summed E-state index contributed by atoms with van der Waals surface area (Å²) in [4.78, 5) is 23.1. The van der Waals surface area contributed by atoms with E-state index in [1.54, 1.807) is 6.07 Å². The van der Waals surface area contributed by atoms with E-state index in [4.69, 9.17) is 0 Å². The Morgan fingerprint density at radius 2 is 1.71 bits per heavy atom. The Hall–Kier alpha value is -2.50. The zero-order chi connectivity index (χ0) is 15.8. The molecule has 114 valence electrons. The number of anilines is 2. The largest absolute Gasteiger partial charge is 0.466 e. The molecule has 0 aliphatic heterocycles. The Kier molecular flexibility index (Phi) is 6.26.